The van der Waals surface area contributed by atoms with Crippen LogP contribution in [0.25, 0.3) is 11.3 Å². The number of piperidine rings is 1. The Labute approximate surface area is 252 Å². The predicted molar refractivity (Wildman–Crippen MR) is 149 cm³/mol. The monoisotopic (exact) mass is 625 g/mol. The Balaban J connectivity index is 1.24. The highest BCUT2D eigenvalue weighted by Gasteiger charge is 2.48. The molecular weight excluding hydrogens is 587 g/mol. The van der Waals surface area contributed by atoms with Crippen LogP contribution < -0.4 is 0 Å². The average molecular weight is 626 g/mol. The van der Waals surface area contributed by atoms with E-state index in [1.807, 2.05) is 20.8 Å². The van der Waals surface area contributed by atoms with Gasteiger partial charge < -0.3 is 34.2 Å². The first kappa shape index (κ1) is 32.1. The Hall–Kier alpha value is -3.27. The number of methoxy groups -OCH3 is 1. The number of nitrogens with zero attached hydrogens (tertiary/aromatic N) is 5. The fraction of sp³-hybridized carbons (Fsp3) is 0.655. The molecule has 0 aliphatic carbocycles. The van der Waals surface area contributed by atoms with E-state index in [2.05, 4.69) is 15.5 Å². The number of rotatable bonds is 7. The highest BCUT2D eigenvalue weighted by Crippen LogP contribution is 2.36. The lowest BCUT2D eigenvalue weighted by molar-refractivity contribution is -0.219. The van der Waals surface area contributed by atoms with Gasteiger partial charge in [0.2, 0.25) is 0 Å². The summed E-state index contributed by atoms with van der Waals surface area (Å²) in [5.41, 5.74) is 0.342. The van der Waals surface area contributed by atoms with E-state index in [1.54, 1.807) is 4.90 Å². The zero-order chi connectivity index (χ0) is 31.8. The second kappa shape index (κ2) is 13.0. The van der Waals surface area contributed by atoms with Crippen molar-refractivity contribution >= 4 is 11.8 Å². The summed E-state index contributed by atoms with van der Waals surface area (Å²) in [4.78, 5) is 19.9. The van der Waals surface area contributed by atoms with Crippen molar-refractivity contribution < 1.29 is 47.2 Å². The number of carbonyl (C=O) groups is 1. The molecule has 1 unspecified atom stereocenters. The van der Waals surface area contributed by atoms with Gasteiger partial charge in [-0.2, -0.15) is 0 Å². The molecule has 1 aromatic heterocycles. The van der Waals surface area contributed by atoms with Crippen LogP contribution in [-0.4, -0.2) is 105 Å². The summed E-state index contributed by atoms with van der Waals surface area (Å²) in [7, 11) is 1.44. The van der Waals surface area contributed by atoms with Gasteiger partial charge in [0, 0.05) is 44.5 Å². The van der Waals surface area contributed by atoms with E-state index in [4.69, 9.17) is 19.0 Å². The van der Waals surface area contributed by atoms with E-state index in [1.165, 1.54) is 18.0 Å². The molecule has 12 nitrogen and oxygen atoms in total. The van der Waals surface area contributed by atoms with Crippen LogP contribution in [0.15, 0.2) is 23.5 Å². The first-order valence-electron chi connectivity index (χ1n) is 14.6. The largest absolute Gasteiger partial charge is 0.444 e. The number of hydrogen-bond acceptors (Lipinski definition) is 10. The Bertz CT molecular complexity index is 1340. The van der Waals surface area contributed by atoms with Crippen molar-refractivity contribution in [1.82, 2.24) is 19.9 Å². The molecule has 44 heavy (non-hydrogen) atoms. The van der Waals surface area contributed by atoms with E-state index in [0.717, 1.165) is 30.7 Å². The zero-order valence-corrected chi connectivity index (χ0v) is 25.0. The number of hydrogen-bond donors (Lipinski definition) is 2. The molecule has 5 rings (SSSR count). The van der Waals surface area contributed by atoms with Crippen LogP contribution in [0.5, 0.6) is 0 Å². The molecule has 2 saturated heterocycles. The van der Waals surface area contributed by atoms with Crippen LogP contribution in [0, 0.1) is 23.4 Å². The molecule has 3 aliphatic heterocycles. The average Bonchev–Trinajstić information content (AvgIpc) is 3.66. The Morgan fingerprint density at radius 1 is 1.14 bits per heavy atom. The highest BCUT2D eigenvalue weighted by atomic mass is 19.2. The van der Waals surface area contributed by atoms with Crippen molar-refractivity contribution in [3.63, 3.8) is 0 Å². The molecule has 3 aliphatic rings. The van der Waals surface area contributed by atoms with Crippen LogP contribution in [-0.2, 0) is 19.0 Å². The topological polar surface area (TPSA) is 141 Å². The number of oxime groups is 1. The van der Waals surface area contributed by atoms with Crippen molar-refractivity contribution in [2.75, 3.05) is 26.8 Å². The third-order valence-electron chi connectivity index (χ3n) is 8.20. The Kier molecular flexibility index (Phi) is 9.49. The molecule has 0 bridgehead atoms. The number of carbonyl (C=O) groups excluding carboxylic acids is 1. The molecule has 0 saturated carbocycles. The molecule has 1 amide bonds. The summed E-state index contributed by atoms with van der Waals surface area (Å²) in [6.07, 6.45) is -0.725. The first-order valence-corrected chi connectivity index (χ1v) is 14.6. The van der Waals surface area contributed by atoms with Gasteiger partial charge in [-0.15, -0.1) is 5.10 Å². The minimum atomic E-state index is -1.60. The van der Waals surface area contributed by atoms with Gasteiger partial charge in [-0.1, -0.05) is 10.4 Å². The normalized spacial score (nSPS) is 28.1. The molecule has 1 aromatic carbocycles. The van der Waals surface area contributed by atoms with Crippen LogP contribution in [0.2, 0.25) is 0 Å². The van der Waals surface area contributed by atoms with Crippen LogP contribution in [0.3, 0.4) is 0 Å². The standard InChI is InChI=1S/C29H38F3N5O7/c1-29(2,3)43-28(40)36-7-5-15(6-8-36)20-11-17(44-34-20)12-22-27(41-4)25(26(39)23(14-38)42-22)37-13-21(33-35-37)16-9-18(30)24(32)19(31)10-16/h9-10,13,15,17,22-23,25-27,38-39H,5-8,11-12,14H2,1-4H3/t17?,22-,23-,25+,26+,27+/m1/s1. The van der Waals surface area contributed by atoms with E-state index < -0.39 is 60.1 Å². The fourth-order valence-corrected chi connectivity index (χ4v) is 6.01. The number of ether oxygens (including phenoxy) is 3. The fourth-order valence-electron chi connectivity index (χ4n) is 6.01. The molecular formula is C29H38F3N5O7. The van der Waals surface area contributed by atoms with Gasteiger partial charge in [-0.3, -0.25) is 0 Å². The highest BCUT2D eigenvalue weighted by molar-refractivity contribution is 5.88. The van der Waals surface area contributed by atoms with Gasteiger partial charge in [0.1, 0.15) is 41.8 Å². The lowest BCUT2D eigenvalue weighted by Crippen LogP contribution is -2.57. The Morgan fingerprint density at radius 2 is 1.82 bits per heavy atom. The maximum absolute atomic E-state index is 13.8. The molecule has 242 valence electrons. The third kappa shape index (κ3) is 6.85. The van der Waals surface area contributed by atoms with Gasteiger partial charge in [0.25, 0.3) is 0 Å². The van der Waals surface area contributed by atoms with Gasteiger partial charge in [0.15, 0.2) is 17.5 Å². The zero-order valence-electron chi connectivity index (χ0n) is 25.0. The van der Waals surface area contributed by atoms with Gasteiger partial charge in [-0.25, -0.2) is 22.6 Å². The second-order valence-corrected chi connectivity index (χ2v) is 12.4. The van der Waals surface area contributed by atoms with Crippen molar-refractivity contribution in [3.8, 4) is 11.3 Å². The number of aromatic nitrogens is 3. The number of likely N-dealkylation sites (tertiary alicyclic amines) is 1. The maximum atomic E-state index is 13.8. The number of aliphatic hydroxyl groups excluding tert-OH is 2. The summed E-state index contributed by atoms with van der Waals surface area (Å²) < 4.78 is 59.7. The summed E-state index contributed by atoms with van der Waals surface area (Å²) >= 11 is 0. The smallest absolute Gasteiger partial charge is 0.410 e. The molecule has 6 atom stereocenters. The van der Waals surface area contributed by atoms with E-state index in [-0.39, 0.29) is 29.4 Å². The lowest BCUT2D eigenvalue weighted by Gasteiger charge is -2.44. The van der Waals surface area contributed by atoms with Crippen molar-refractivity contribution in [1.29, 1.82) is 0 Å². The van der Waals surface area contributed by atoms with E-state index >= 15 is 0 Å². The summed E-state index contributed by atoms with van der Waals surface area (Å²) in [5, 5.41) is 33.4. The van der Waals surface area contributed by atoms with E-state index in [9.17, 15) is 28.2 Å². The van der Waals surface area contributed by atoms with Crippen LogP contribution in [0.4, 0.5) is 18.0 Å². The minimum Gasteiger partial charge on any atom is -0.444 e. The van der Waals surface area contributed by atoms with Gasteiger partial charge >= 0.3 is 6.09 Å². The lowest BCUT2D eigenvalue weighted by atomic mass is 9.86. The molecule has 2 N–H and O–H groups in total. The molecule has 2 fully saturated rings. The van der Waals surface area contributed by atoms with Crippen LogP contribution >= 0.6 is 0 Å². The molecule has 15 heteroatoms. The summed E-state index contributed by atoms with van der Waals surface area (Å²) in [6.45, 7) is 6.11. The van der Waals surface area contributed by atoms with Crippen molar-refractivity contribution in [3.05, 3.63) is 35.8 Å². The van der Waals surface area contributed by atoms with Gasteiger partial charge in [-0.05, 0) is 45.7 Å². The second-order valence-electron chi connectivity index (χ2n) is 12.4. The minimum absolute atomic E-state index is 0.0422. The van der Waals surface area contributed by atoms with Crippen LogP contribution in [0.1, 0.15) is 52.5 Å². The quantitative estimate of drug-likeness (QED) is 0.444. The molecule has 2 aromatic rings. The molecule has 0 radical (unpaired) electrons. The SMILES string of the molecule is CO[C@@H]1[C@@H](n2cc(-c3cc(F)c(F)c(F)c3)nn2)[C@@H](O)[C@@H](CO)O[C@@H]1CC1CC(C2CCN(C(=O)OC(C)(C)C)CC2)=NO1. The predicted octanol–water partition coefficient (Wildman–Crippen LogP) is 3.22. The molecule has 4 heterocycles. The maximum Gasteiger partial charge on any atom is 0.410 e. The first-order chi connectivity index (χ1) is 20.9. The molecule has 0 spiro atoms. The Morgan fingerprint density at radius 3 is 2.43 bits per heavy atom. The van der Waals surface area contributed by atoms with E-state index in [0.29, 0.717) is 25.9 Å². The number of aliphatic hydroxyl groups is 2. The summed E-state index contributed by atoms with van der Waals surface area (Å²) in [6, 6.07) is 0.708. The number of amides is 1. The number of benzene rings is 1. The van der Waals surface area contributed by atoms with Crippen molar-refractivity contribution in [2.24, 2.45) is 11.1 Å². The van der Waals surface area contributed by atoms with Crippen molar-refractivity contribution in [2.45, 2.75) is 88.6 Å². The van der Waals surface area contributed by atoms with Gasteiger partial charge in [0.05, 0.1) is 24.6 Å². The number of halogens is 3. The summed E-state index contributed by atoms with van der Waals surface area (Å²) in [5.74, 6) is -4.19. The third-order valence-corrected chi connectivity index (χ3v) is 8.20.